The average molecular weight is 155 g/mol. The summed E-state index contributed by atoms with van der Waals surface area (Å²) < 4.78 is 0. The van der Waals surface area contributed by atoms with Gasteiger partial charge in [-0.25, -0.2) is 0 Å². The molecule has 0 rings (SSSR count). The summed E-state index contributed by atoms with van der Waals surface area (Å²) in [5, 5.41) is 12.5. The van der Waals surface area contributed by atoms with E-state index in [0.29, 0.717) is 6.54 Å². The van der Waals surface area contributed by atoms with Crippen LogP contribution in [0.15, 0.2) is 0 Å². The molecule has 0 amide bonds. The number of likely N-dealkylation sites (N-methyl/N-ethyl adjacent to an activating group) is 1. The summed E-state index contributed by atoms with van der Waals surface area (Å²) in [6.45, 7) is 2.44. The van der Waals surface area contributed by atoms with E-state index in [1.54, 1.807) is 0 Å². The van der Waals surface area contributed by atoms with Crippen molar-refractivity contribution in [2.75, 3.05) is 13.6 Å². The molecule has 0 aromatic carbocycles. The molecule has 0 spiro atoms. The lowest BCUT2D eigenvalue weighted by atomic mass is 9.99. The minimum Gasteiger partial charge on any atom is -0.389 e. The molecule has 1 unspecified atom stereocenters. The lowest BCUT2D eigenvalue weighted by molar-refractivity contribution is 0.0512. The molecule has 64 valence electrons. The Labute approximate surface area is 69.0 Å². The highest BCUT2D eigenvalue weighted by molar-refractivity contribution is 4.85. The summed E-state index contributed by atoms with van der Waals surface area (Å²) in [6, 6.07) is 0. The van der Waals surface area contributed by atoms with Gasteiger partial charge in [-0.2, -0.15) is 0 Å². The molecule has 0 aliphatic heterocycles. The summed E-state index contributed by atoms with van der Waals surface area (Å²) in [5.41, 5.74) is -0.606. The number of rotatable bonds is 5. The van der Waals surface area contributed by atoms with Crippen molar-refractivity contribution >= 4 is 0 Å². The molecule has 0 bridgehead atoms. The maximum atomic E-state index is 9.61. The van der Waals surface area contributed by atoms with Crippen LogP contribution >= 0.6 is 0 Å². The molecule has 0 radical (unpaired) electrons. The van der Waals surface area contributed by atoms with E-state index in [0.717, 1.165) is 19.3 Å². The van der Waals surface area contributed by atoms with Gasteiger partial charge in [0.15, 0.2) is 0 Å². The smallest absolute Gasteiger partial charge is 0.0743 e. The zero-order chi connectivity index (χ0) is 8.74. The number of terminal acetylenes is 1. The quantitative estimate of drug-likeness (QED) is 0.454. The Morgan fingerprint density at radius 3 is 2.73 bits per heavy atom. The highest BCUT2D eigenvalue weighted by atomic mass is 16.3. The first-order valence-electron chi connectivity index (χ1n) is 3.93. The second-order valence-corrected chi connectivity index (χ2v) is 3.08. The van der Waals surface area contributed by atoms with Crippen LogP contribution in [0, 0.1) is 12.3 Å². The van der Waals surface area contributed by atoms with Crippen molar-refractivity contribution in [1.82, 2.24) is 5.32 Å². The van der Waals surface area contributed by atoms with Crippen molar-refractivity contribution < 1.29 is 5.11 Å². The molecule has 0 saturated carbocycles. The van der Waals surface area contributed by atoms with Crippen molar-refractivity contribution in [2.45, 2.75) is 31.8 Å². The Bertz CT molecular complexity index is 135. The van der Waals surface area contributed by atoms with Gasteiger partial charge in [0, 0.05) is 13.0 Å². The standard InChI is InChI=1S/C9H17NO/c1-4-5-6-7-9(2,11)8-10-3/h1,10-11H,5-8H2,2-3H3. The van der Waals surface area contributed by atoms with E-state index < -0.39 is 5.60 Å². The van der Waals surface area contributed by atoms with E-state index in [1.807, 2.05) is 14.0 Å². The molecular formula is C9H17NO. The fourth-order valence-corrected chi connectivity index (χ4v) is 1.04. The van der Waals surface area contributed by atoms with Crippen molar-refractivity contribution in [3.8, 4) is 12.3 Å². The van der Waals surface area contributed by atoms with Gasteiger partial charge in [-0.3, -0.25) is 0 Å². The number of nitrogens with one attached hydrogen (secondary N) is 1. The SMILES string of the molecule is C#CCCCC(C)(O)CNC. The van der Waals surface area contributed by atoms with E-state index in [1.165, 1.54) is 0 Å². The van der Waals surface area contributed by atoms with Crippen LogP contribution in [0.1, 0.15) is 26.2 Å². The van der Waals surface area contributed by atoms with E-state index in [-0.39, 0.29) is 0 Å². The second kappa shape index (κ2) is 5.17. The minimum absolute atomic E-state index is 0.606. The van der Waals surface area contributed by atoms with Crippen LogP contribution < -0.4 is 5.32 Å². The topological polar surface area (TPSA) is 32.3 Å². The fourth-order valence-electron chi connectivity index (χ4n) is 1.04. The maximum absolute atomic E-state index is 9.61. The van der Waals surface area contributed by atoms with Gasteiger partial charge in [0.25, 0.3) is 0 Å². The summed E-state index contributed by atoms with van der Waals surface area (Å²) in [4.78, 5) is 0. The molecule has 1 atom stereocenters. The van der Waals surface area contributed by atoms with Crippen LogP contribution in [0.25, 0.3) is 0 Å². The van der Waals surface area contributed by atoms with Crippen LogP contribution in [-0.2, 0) is 0 Å². The van der Waals surface area contributed by atoms with Gasteiger partial charge in [-0.1, -0.05) is 0 Å². The first-order chi connectivity index (χ1) is 5.12. The van der Waals surface area contributed by atoms with Crippen molar-refractivity contribution in [2.24, 2.45) is 0 Å². The van der Waals surface area contributed by atoms with E-state index in [9.17, 15) is 5.11 Å². The normalized spacial score (nSPS) is 15.5. The molecule has 0 aromatic heterocycles. The highest BCUT2D eigenvalue weighted by Gasteiger charge is 2.17. The van der Waals surface area contributed by atoms with E-state index in [4.69, 9.17) is 6.42 Å². The summed E-state index contributed by atoms with van der Waals surface area (Å²) in [6.07, 6.45) is 7.49. The third kappa shape index (κ3) is 5.90. The van der Waals surface area contributed by atoms with Gasteiger partial charge in [-0.15, -0.1) is 12.3 Å². The molecule has 2 nitrogen and oxygen atoms in total. The number of hydrogen-bond acceptors (Lipinski definition) is 2. The van der Waals surface area contributed by atoms with Gasteiger partial charge < -0.3 is 10.4 Å². The molecule has 11 heavy (non-hydrogen) atoms. The van der Waals surface area contributed by atoms with Gasteiger partial charge in [-0.05, 0) is 26.8 Å². The van der Waals surface area contributed by atoms with Gasteiger partial charge in [0.2, 0.25) is 0 Å². The Balaban J connectivity index is 3.48. The zero-order valence-corrected chi connectivity index (χ0v) is 7.35. The maximum Gasteiger partial charge on any atom is 0.0743 e. The molecule has 0 aromatic rings. The Kier molecular flexibility index (Phi) is 4.93. The Hall–Kier alpha value is -0.520. The summed E-state index contributed by atoms with van der Waals surface area (Å²) >= 11 is 0. The number of unbranched alkanes of at least 4 members (excludes halogenated alkanes) is 1. The minimum atomic E-state index is -0.606. The summed E-state index contributed by atoms with van der Waals surface area (Å²) in [7, 11) is 1.83. The molecule has 0 saturated heterocycles. The van der Waals surface area contributed by atoms with Crippen LogP contribution in [0.3, 0.4) is 0 Å². The molecule has 0 heterocycles. The van der Waals surface area contributed by atoms with Gasteiger partial charge >= 0.3 is 0 Å². The van der Waals surface area contributed by atoms with Crippen molar-refractivity contribution in [3.63, 3.8) is 0 Å². The molecular weight excluding hydrogens is 138 g/mol. The zero-order valence-electron chi connectivity index (χ0n) is 7.35. The lowest BCUT2D eigenvalue weighted by Gasteiger charge is -2.21. The third-order valence-corrected chi connectivity index (χ3v) is 1.59. The third-order valence-electron chi connectivity index (χ3n) is 1.59. The predicted octanol–water partition coefficient (Wildman–Crippen LogP) is 0.760. The van der Waals surface area contributed by atoms with Crippen LogP contribution in [-0.4, -0.2) is 24.3 Å². The number of aliphatic hydroxyl groups is 1. The Morgan fingerprint density at radius 2 is 2.27 bits per heavy atom. The van der Waals surface area contributed by atoms with Crippen LogP contribution in [0.4, 0.5) is 0 Å². The molecule has 0 fully saturated rings. The monoisotopic (exact) mass is 155 g/mol. The van der Waals surface area contributed by atoms with E-state index in [2.05, 4.69) is 11.2 Å². The molecule has 2 N–H and O–H groups in total. The van der Waals surface area contributed by atoms with Gasteiger partial charge in [0.05, 0.1) is 5.60 Å². The molecule has 2 heteroatoms. The Morgan fingerprint density at radius 1 is 1.64 bits per heavy atom. The van der Waals surface area contributed by atoms with E-state index >= 15 is 0 Å². The summed E-state index contributed by atoms with van der Waals surface area (Å²) in [5.74, 6) is 2.55. The molecule has 0 aliphatic carbocycles. The number of hydrogen-bond donors (Lipinski definition) is 2. The first kappa shape index (κ1) is 10.5. The highest BCUT2D eigenvalue weighted by Crippen LogP contribution is 2.11. The van der Waals surface area contributed by atoms with Gasteiger partial charge in [0.1, 0.15) is 0 Å². The second-order valence-electron chi connectivity index (χ2n) is 3.08. The largest absolute Gasteiger partial charge is 0.389 e. The predicted molar refractivity (Wildman–Crippen MR) is 47.2 cm³/mol. The first-order valence-corrected chi connectivity index (χ1v) is 3.93. The van der Waals surface area contributed by atoms with Crippen LogP contribution in [0.5, 0.6) is 0 Å². The van der Waals surface area contributed by atoms with Crippen molar-refractivity contribution in [3.05, 3.63) is 0 Å². The lowest BCUT2D eigenvalue weighted by Crippen LogP contribution is -2.35. The van der Waals surface area contributed by atoms with Crippen molar-refractivity contribution in [1.29, 1.82) is 0 Å². The average Bonchev–Trinajstić information content (AvgIpc) is 1.87. The fraction of sp³-hybridized carbons (Fsp3) is 0.778. The molecule has 0 aliphatic rings. The van der Waals surface area contributed by atoms with Crippen LogP contribution in [0.2, 0.25) is 0 Å².